The molecule has 0 saturated heterocycles. The van der Waals surface area contributed by atoms with Gasteiger partial charge in [-0.25, -0.2) is 4.98 Å². The molecule has 2 aromatic carbocycles. The Hall–Kier alpha value is -2.46. The topological polar surface area (TPSA) is 60.9 Å². The number of nitrogens with two attached hydrogens (primary N) is 1. The molecule has 3 aromatic rings. The normalized spacial score (nSPS) is 16.2. The van der Waals surface area contributed by atoms with Crippen molar-refractivity contribution in [2.45, 2.75) is 64.3 Å². The fourth-order valence-electron chi connectivity index (χ4n) is 4.71. The summed E-state index contributed by atoms with van der Waals surface area (Å²) in [5.74, 6) is 1.47. The second-order valence-electron chi connectivity index (χ2n) is 8.44. The number of fused-ring (bicyclic) bond motifs is 1. The number of aryl methyl sites for hydroxylation is 1. The number of nitrogens with zero attached hydrogens (tertiary/aromatic N) is 2. The fourth-order valence-corrected chi connectivity index (χ4v) is 4.71. The number of rotatable bonds is 6. The van der Waals surface area contributed by atoms with Crippen molar-refractivity contribution >= 4 is 10.9 Å². The molecule has 1 aliphatic carbocycles. The average Bonchev–Trinajstić information content (AvgIpc) is 2.75. The average molecular weight is 390 g/mol. The van der Waals surface area contributed by atoms with Crippen LogP contribution in [0, 0.1) is 5.92 Å². The van der Waals surface area contributed by atoms with Gasteiger partial charge in [0.2, 0.25) is 0 Å². The minimum Gasteiger partial charge on any atom is -0.322 e. The molecule has 4 heteroatoms. The van der Waals surface area contributed by atoms with E-state index in [0.29, 0.717) is 5.82 Å². The van der Waals surface area contributed by atoms with Gasteiger partial charge in [-0.05, 0) is 49.4 Å². The molecule has 0 radical (unpaired) electrons. The van der Waals surface area contributed by atoms with Crippen molar-refractivity contribution < 1.29 is 0 Å². The lowest BCUT2D eigenvalue weighted by Crippen LogP contribution is -2.28. The van der Waals surface area contributed by atoms with E-state index in [4.69, 9.17) is 10.7 Å². The lowest BCUT2D eigenvalue weighted by Gasteiger charge is -2.21. The zero-order chi connectivity index (χ0) is 20.2. The largest absolute Gasteiger partial charge is 0.322 e. The molecule has 4 rings (SSSR count). The third kappa shape index (κ3) is 4.27. The predicted octanol–water partition coefficient (Wildman–Crippen LogP) is 5.31. The molecule has 0 bridgehead atoms. The summed E-state index contributed by atoms with van der Waals surface area (Å²) in [6.45, 7) is 1.88. The van der Waals surface area contributed by atoms with Gasteiger partial charge in [0, 0.05) is 0 Å². The van der Waals surface area contributed by atoms with Gasteiger partial charge >= 0.3 is 0 Å². The van der Waals surface area contributed by atoms with Crippen LogP contribution in [0.5, 0.6) is 0 Å². The summed E-state index contributed by atoms with van der Waals surface area (Å²) in [5.41, 5.74) is 8.86. The van der Waals surface area contributed by atoms with Crippen molar-refractivity contribution in [1.29, 1.82) is 0 Å². The summed E-state index contributed by atoms with van der Waals surface area (Å²) in [4.78, 5) is 18.4. The van der Waals surface area contributed by atoms with E-state index < -0.39 is 0 Å². The maximum Gasteiger partial charge on any atom is 0.266 e. The highest BCUT2D eigenvalue weighted by Crippen LogP contribution is 2.28. The fraction of sp³-hybridized carbons (Fsp3) is 0.440. The minimum atomic E-state index is -0.331. The zero-order valence-electron chi connectivity index (χ0n) is 17.3. The molecule has 4 nitrogen and oxygen atoms in total. The van der Waals surface area contributed by atoms with Crippen LogP contribution in [-0.2, 0) is 6.42 Å². The molecule has 0 unspecified atom stereocenters. The van der Waals surface area contributed by atoms with Gasteiger partial charge in [0.1, 0.15) is 5.82 Å². The maximum absolute atomic E-state index is 13.6. The van der Waals surface area contributed by atoms with Gasteiger partial charge in [-0.15, -0.1) is 0 Å². The van der Waals surface area contributed by atoms with E-state index in [1.54, 1.807) is 4.57 Å². The predicted molar refractivity (Wildman–Crippen MR) is 119 cm³/mol. The highest BCUT2D eigenvalue weighted by atomic mass is 16.1. The monoisotopic (exact) mass is 389 g/mol. The lowest BCUT2D eigenvalue weighted by atomic mass is 9.85. The summed E-state index contributed by atoms with van der Waals surface area (Å²) < 4.78 is 1.69. The highest BCUT2D eigenvalue weighted by molar-refractivity contribution is 5.81. The number of hydrogen-bond donors (Lipinski definition) is 1. The second-order valence-corrected chi connectivity index (χ2v) is 8.44. The smallest absolute Gasteiger partial charge is 0.266 e. The van der Waals surface area contributed by atoms with E-state index in [9.17, 15) is 4.79 Å². The summed E-state index contributed by atoms with van der Waals surface area (Å²) >= 11 is 0. The third-order valence-electron chi connectivity index (χ3n) is 6.21. The Morgan fingerprint density at radius 2 is 1.83 bits per heavy atom. The van der Waals surface area contributed by atoms with E-state index >= 15 is 0 Å². The van der Waals surface area contributed by atoms with Crippen molar-refractivity contribution in [1.82, 2.24) is 9.55 Å². The summed E-state index contributed by atoms with van der Waals surface area (Å²) in [7, 11) is 0. The minimum absolute atomic E-state index is 0.0123. The Balaban J connectivity index is 1.72. The third-order valence-corrected chi connectivity index (χ3v) is 6.21. The van der Waals surface area contributed by atoms with Crippen LogP contribution in [0.15, 0.2) is 53.3 Å². The number of para-hydroxylation sites is 1. The van der Waals surface area contributed by atoms with Crippen LogP contribution in [0.2, 0.25) is 0 Å². The van der Waals surface area contributed by atoms with E-state index in [-0.39, 0.29) is 11.6 Å². The molecule has 1 heterocycles. The standard InChI is InChI=1S/C25H31N3O/c1-18(26)24-27-22-17-9-14-20(13-8-12-19-10-4-2-5-11-19)23(22)25(29)28(24)21-15-6-3-7-16-21/h3,6-7,9,14-19H,2,4-5,8,10-13,26H2,1H3/t18-/m0/s1. The summed E-state index contributed by atoms with van der Waals surface area (Å²) in [5, 5.41) is 0.740. The molecule has 1 aromatic heterocycles. The Bertz CT molecular complexity index is 1020. The summed E-state index contributed by atoms with van der Waals surface area (Å²) in [6, 6.07) is 15.4. The second kappa shape index (κ2) is 8.91. The maximum atomic E-state index is 13.6. The van der Waals surface area contributed by atoms with Crippen LogP contribution < -0.4 is 11.3 Å². The molecule has 0 spiro atoms. The molecule has 0 aliphatic heterocycles. The van der Waals surface area contributed by atoms with E-state index in [0.717, 1.165) is 40.9 Å². The molecule has 0 amide bonds. The van der Waals surface area contributed by atoms with Gasteiger partial charge in [0.05, 0.1) is 22.6 Å². The van der Waals surface area contributed by atoms with Gasteiger partial charge in [0.15, 0.2) is 0 Å². The molecule has 2 N–H and O–H groups in total. The van der Waals surface area contributed by atoms with Crippen molar-refractivity contribution in [2.75, 3.05) is 0 Å². The first-order valence-electron chi connectivity index (χ1n) is 11.0. The molecular formula is C25H31N3O. The van der Waals surface area contributed by atoms with Crippen LogP contribution in [0.25, 0.3) is 16.6 Å². The van der Waals surface area contributed by atoms with Crippen LogP contribution in [0.1, 0.15) is 69.3 Å². The molecular weight excluding hydrogens is 358 g/mol. The quantitative estimate of drug-likeness (QED) is 0.621. The van der Waals surface area contributed by atoms with Gasteiger partial charge < -0.3 is 5.73 Å². The van der Waals surface area contributed by atoms with Crippen LogP contribution in [0.4, 0.5) is 0 Å². The molecule has 29 heavy (non-hydrogen) atoms. The SMILES string of the molecule is C[C@H](N)c1nc2cccc(CCCC3CCCCC3)c2c(=O)n1-c1ccccc1. The van der Waals surface area contributed by atoms with Crippen molar-refractivity contribution in [2.24, 2.45) is 11.7 Å². The Morgan fingerprint density at radius 1 is 1.07 bits per heavy atom. The molecule has 1 fully saturated rings. The summed E-state index contributed by atoms with van der Waals surface area (Å²) in [6.07, 6.45) is 10.2. The van der Waals surface area contributed by atoms with Crippen LogP contribution in [-0.4, -0.2) is 9.55 Å². The molecule has 1 saturated carbocycles. The first-order chi connectivity index (χ1) is 14.1. The van der Waals surface area contributed by atoms with Crippen LogP contribution >= 0.6 is 0 Å². The number of benzene rings is 2. The zero-order valence-corrected chi connectivity index (χ0v) is 17.3. The van der Waals surface area contributed by atoms with Gasteiger partial charge in [0.25, 0.3) is 5.56 Å². The van der Waals surface area contributed by atoms with Crippen LogP contribution in [0.3, 0.4) is 0 Å². The lowest BCUT2D eigenvalue weighted by molar-refractivity contribution is 0.332. The van der Waals surface area contributed by atoms with Crippen molar-refractivity contribution in [3.8, 4) is 5.69 Å². The van der Waals surface area contributed by atoms with Gasteiger partial charge in [-0.2, -0.15) is 0 Å². The first-order valence-corrected chi connectivity index (χ1v) is 11.0. The van der Waals surface area contributed by atoms with E-state index in [1.807, 2.05) is 49.4 Å². The Morgan fingerprint density at radius 3 is 2.55 bits per heavy atom. The van der Waals surface area contributed by atoms with E-state index in [1.165, 1.54) is 38.5 Å². The first kappa shape index (κ1) is 19.8. The van der Waals surface area contributed by atoms with E-state index in [2.05, 4.69) is 6.07 Å². The Labute approximate surface area is 172 Å². The van der Waals surface area contributed by atoms with Crippen molar-refractivity contribution in [3.05, 3.63) is 70.3 Å². The molecule has 152 valence electrons. The molecule has 1 atom stereocenters. The number of hydrogen-bond acceptors (Lipinski definition) is 3. The highest BCUT2D eigenvalue weighted by Gasteiger charge is 2.18. The number of aromatic nitrogens is 2. The van der Waals surface area contributed by atoms with Gasteiger partial charge in [-0.1, -0.05) is 68.9 Å². The Kier molecular flexibility index (Phi) is 6.10. The van der Waals surface area contributed by atoms with Crippen molar-refractivity contribution in [3.63, 3.8) is 0 Å². The molecule has 1 aliphatic rings. The van der Waals surface area contributed by atoms with Gasteiger partial charge in [-0.3, -0.25) is 9.36 Å².